The van der Waals surface area contributed by atoms with Gasteiger partial charge in [-0.15, -0.1) is 10.2 Å². The van der Waals surface area contributed by atoms with Crippen LogP contribution >= 0.6 is 11.6 Å². The minimum Gasteiger partial charge on any atom is -0.367 e. The average Bonchev–Trinajstić information content (AvgIpc) is 3.61. The molecule has 0 atom stereocenters. The largest absolute Gasteiger partial charge is 0.419 e. The van der Waals surface area contributed by atoms with E-state index in [1.807, 2.05) is 18.2 Å². The maximum atomic E-state index is 14.7. The van der Waals surface area contributed by atoms with E-state index in [-0.39, 0.29) is 19.0 Å². The predicted octanol–water partition coefficient (Wildman–Crippen LogP) is 6.08. The van der Waals surface area contributed by atoms with E-state index in [4.69, 9.17) is 11.6 Å². The van der Waals surface area contributed by atoms with Crippen LogP contribution in [0.5, 0.6) is 0 Å². The molecule has 0 amide bonds. The van der Waals surface area contributed by atoms with E-state index in [0.29, 0.717) is 42.6 Å². The summed E-state index contributed by atoms with van der Waals surface area (Å²) in [4.78, 5) is 3.74. The number of fused-ring (bicyclic) bond motifs is 3. The fourth-order valence-corrected chi connectivity index (χ4v) is 5.62. The summed E-state index contributed by atoms with van der Waals surface area (Å²) >= 11 is 6.31. The molecule has 3 aliphatic rings. The Morgan fingerprint density at radius 3 is 2.36 bits per heavy atom. The second-order valence-electron chi connectivity index (χ2n) is 9.74. The van der Waals surface area contributed by atoms with Gasteiger partial charge in [0.1, 0.15) is 17.3 Å². The molecule has 1 aliphatic carbocycles. The molecule has 5 nitrogen and oxygen atoms in total. The first-order chi connectivity index (χ1) is 17.2. The number of alkyl halides is 3. The third kappa shape index (κ3) is 4.14. The molecule has 0 unspecified atom stereocenters. The zero-order valence-corrected chi connectivity index (χ0v) is 20.0. The van der Waals surface area contributed by atoms with Gasteiger partial charge in [0.15, 0.2) is 11.6 Å². The number of rotatable bonds is 3. The smallest absolute Gasteiger partial charge is 0.367 e. The number of nitrogens with zero attached hydrogens (tertiary/aromatic N) is 5. The number of aromatic nitrogens is 3. The zero-order chi connectivity index (χ0) is 25.2. The van der Waals surface area contributed by atoms with Crippen molar-refractivity contribution in [3.63, 3.8) is 0 Å². The standard InChI is InChI=1S/C25H23ClF5N5/c26-16-1-6-20-15(11-16)12-35(17-2-3-17)13-21-32-33-24(36(20)21)14-7-9-34(10-8-14)23-19(27)5-4-18(22(23)28)25(29,30)31/h1,4-6,11,14,17H,2-3,7-10,12-13H2. The van der Waals surface area contributed by atoms with E-state index in [1.54, 1.807) is 0 Å². The van der Waals surface area contributed by atoms with Gasteiger partial charge in [-0.3, -0.25) is 9.47 Å². The maximum absolute atomic E-state index is 14.7. The highest BCUT2D eigenvalue weighted by molar-refractivity contribution is 6.30. The average molecular weight is 524 g/mol. The summed E-state index contributed by atoms with van der Waals surface area (Å²) in [5, 5.41) is 9.67. The summed E-state index contributed by atoms with van der Waals surface area (Å²) in [6, 6.07) is 7.41. The second-order valence-corrected chi connectivity index (χ2v) is 10.2. The van der Waals surface area contributed by atoms with Crippen LogP contribution in [0.4, 0.5) is 27.6 Å². The number of halogens is 6. The molecule has 0 spiro atoms. The second kappa shape index (κ2) is 8.69. The Bertz CT molecular complexity index is 1310. The first kappa shape index (κ1) is 23.7. The van der Waals surface area contributed by atoms with Crippen LogP contribution in [0, 0.1) is 11.6 Å². The van der Waals surface area contributed by atoms with Crippen LogP contribution in [0.3, 0.4) is 0 Å². The van der Waals surface area contributed by atoms with Gasteiger partial charge in [-0.25, -0.2) is 8.78 Å². The highest BCUT2D eigenvalue weighted by Crippen LogP contribution is 2.40. The molecule has 6 rings (SSSR count). The molecule has 190 valence electrons. The van der Waals surface area contributed by atoms with Crippen LogP contribution in [-0.2, 0) is 19.3 Å². The van der Waals surface area contributed by atoms with E-state index in [2.05, 4.69) is 19.7 Å². The fraction of sp³-hybridized carbons (Fsp3) is 0.440. The summed E-state index contributed by atoms with van der Waals surface area (Å²) < 4.78 is 70.8. The SMILES string of the molecule is Fc1ccc(C(F)(F)F)c(F)c1N1CCC(c2nnc3n2-c2ccc(Cl)cc2CN(C2CC2)C3)CC1. The third-order valence-electron chi connectivity index (χ3n) is 7.37. The summed E-state index contributed by atoms with van der Waals surface area (Å²) in [6.07, 6.45) is -1.64. The molecule has 0 N–H and O–H groups in total. The number of anilines is 1. The van der Waals surface area contributed by atoms with Gasteiger partial charge in [0, 0.05) is 36.6 Å². The quantitative estimate of drug-likeness (QED) is 0.390. The zero-order valence-electron chi connectivity index (χ0n) is 19.2. The highest BCUT2D eigenvalue weighted by Gasteiger charge is 2.38. The fourth-order valence-electron chi connectivity index (χ4n) is 5.42. The number of benzene rings is 2. The van der Waals surface area contributed by atoms with Crippen LogP contribution in [0.2, 0.25) is 5.02 Å². The molecule has 2 aromatic carbocycles. The molecule has 1 saturated carbocycles. The van der Waals surface area contributed by atoms with Gasteiger partial charge in [0.25, 0.3) is 0 Å². The highest BCUT2D eigenvalue weighted by atomic mass is 35.5. The summed E-state index contributed by atoms with van der Waals surface area (Å²) in [7, 11) is 0. The van der Waals surface area contributed by atoms with Crippen LogP contribution in [0.25, 0.3) is 5.69 Å². The molecule has 0 radical (unpaired) electrons. The lowest BCUT2D eigenvalue weighted by molar-refractivity contribution is -0.139. The molecule has 1 saturated heterocycles. The van der Waals surface area contributed by atoms with Gasteiger partial charge in [0.2, 0.25) is 0 Å². The van der Waals surface area contributed by atoms with Crippen LogP contribution in [-0.4, -0.2) is 38.8 Å². The Balaban J connectivity index is 1.29. The number of piperidine rings is 1. The number of hydrogen-bond donors (Lipinski definition) is 0. The van der Waals surface area contributed by atoms with Crippen molar-refractivity contribution in [1.82, 2.24) is 19.7 Å². The first-order valence-electron chi connectivity index (χ1n) is 12.0. The molecule has 2 aliphatic heterocycles. The Morgan fingerprint density at radius 2 is 1.67 bits per heavy atom. The van der Waals surface area contributed by atoms with Crippen LogP contribution in [0.15, 0.2) is 30.3 Å². The van der Waals surface area contributed by atoms with Gasteiger partial charge in [-0.1, -0.05) is 11.6 Å². The third-order valence-corrected chi connectivity index (χ3v) is 7.60. The molecule has 3 heterocycles. The Labute approximate surface area is 209 Å². The topological polar surface area (TPSA) is 37.2 Å². The first-order valence-corrected chi connectivity index (χ1v) is 12.4. The Kier molecular flexibility index (Phi) is 5.71. The molecular formula is C25H23ClF5N5. The molecule has 11 heteroatoms. The molecule has 2 fully saturated rings. The van der Waals surface area contributed by atoms with Crippen molar-refractivity contribution < 1.29 is 22.0 Å². The van der Waals surface area contributed by atoms with Crippen molar-refractivity contribution >= 4 is 17.3 Å². The molecule has 1 aromatic heterocycles. The van der Waals surface area contributed by atoms with Crippen molar-refractivity contribution in [2.24, 2.45) is 0 Å². The maximum Gasteiger partial charge on any atom is 0.419 e. The predicted molar refractivity (Wildman–Crippen MR) is 124 cm³/mol. The minimum atomic E-state index is -4.89. The van der Waals surface area contributed by atoms with Gasteiger partial charge < -0.3 is 4.90 Å². The summed E-state index contributed by atoms with van der Waals surface area (Å²) in [6.45, 7) is 1.81. The molecule has 0 bridgehead atoms. The van der Waals surface area contributed by atoms with Gasteiger partial charge >= 0.3 is 6.18 Å². The van der Waals surface area contributed by atoms with Crippen molar-refractivity contribution in [3.8, 4) is 5.69 Å². The van der Waals surface area contributed by atoms with Gasteiger partial charge in [0.05, 0.1) is 17.8 Å². The van der Waals surface area contributed by atoms with E-state index in [9.17, 15) is 22.0 Å². The van der Waals surface area contributed by atoms with E-state index >= 15 is 0 Å². The van der Waals surface area contributed by atoms with Crippen LogP contribution < -0.4 is 4.90 Å². The molecule has 3 aromatic rings. The van der Waals surface area contributed by atoms with Gasteiger partial charge in [-0.05, 0) is 61.6 Å². The normalized spacial score (nSPS) is 19.2. The lowest BCUT2D eigenvalue weighted by atomic mass is 9.94. The van der Waals surface area contributed by atoms with Crippen molar-refractivity contribution in [1.29, 1.82) is 0 Å². The van der Waals surface area contributed by atoms with E-state index in [1.165, 1.54) is 4.90 Å². The van der Waals surface area contributed by atoms with Crippen LogP contribution in [0.1, 0.15) is 54.4 Å². The van der Waals surface area contributed by atoms with Gasteiger partial charge in [-0.2, -0.15) is 13.2 Å². The monoisotopic (exact) mass is 523 g/mol. The summed E-state index contributed by atoms with van der Waals surface area (Å²) in [5.74, 6) is -1.04. The lowest BCUT2D eigenvalue weighted by Gasteiger charge is -2.34. The molecular weight excluding hydrogens is 501 g/mol. The van der Waals surface area contributed by atoms with E-state index in [0.717, 1.165) is 42.3 Å². The van der Waals surface area contributed by atoms with Crippen molar-refractivity contribution in [3.05, 3.63) is 69.8 Å². The Hall–Kier alpha value is -2.72. The summed E-state index contributed by atoms with van der Waals surface area (Å²) in [5.41, 5.74) is -0.0302. The Morgan fingerprint density at radius 1 is 0.917 bits per heavy atom. The van der Waals surface area contributed by atoms with E-state index < -0.39 is 29.1 Å². The lowest BCUT2D eigenvalue weighted by Crippen LogP contribution is -2.35. The van der Waals surface area contributed by atoms with Crippen molar-refractivity contribution in [2.45, 2.75) is 56.9 Å². The number of hydrogen-bond acceptors (Lipinski definition) is 4. The molecule has 36 heavy (non-hydrogen) atoms. The minimum absolute atomic E-state index is 0.0598. The van der Waals surface area contributed by atoms with Crippen molar-refractivity contribution in [2.75, 3.05) is 18.0 Å².